The van der Waals surface area contributed by atoms with Crippen molar-refractivity contribution in [3.05, 3.63) is 66.5 Å². The number of imidazole rings is 1. The molecule has 1 unspecified atom stereocenters. The van der Waals surface area contributed by atoms with Crippen LogP contribution in [0.2, 0.25) is 0 Å². The zero-order chi connectivity index (χ0) is 28.8. The number of ether oxygens (including phenoxy) is 1. The topological polar surface area (TPSA) is 122 Å². The van der Waals surface area contributed by atoms with Crippen molar-refractivity contribution in [1.82, 2.24) is 20.2 Å². The van der Waals surface area contributed by atoms with Gasteiger partial charge in [0.05, 0.1) is 34.5 Å². The van der Waals surface area contributed by atoms with Crippen LogP contribution in [-0.4, -0.2) is 46.7 Å². The standard InChI is InChI=1S/C33H38N6O2/c1-18(2)30(36-19(3)41-4)33(40)39-15-5-6-28(39)32-37-27-14-10-23-17-21(8-12-25(23)31(27)38-32)20-7-11-24-22(16-20)9-13-26(34)29(24)35/h7-14,16-19,28,30,36H,5-6,15,34-35H2,1-4H3,(H,37,38)/t19?,28-,30-/m0/s1. The van der Waals surface area contributed by atoms with Gasteiger partial charge < -0.3 is 26.1 Å². The second kappa shape index (κ2) is 10.7. The molecule has 1 amide bonds. The van der Waals surface area contributed by atoms with Crippen molar-refractivity contribution in [3.63, 3.8) is 0 Å². The number of rotatable bonds is 7. The Labute approximate surface area is 240 Å². The minimum Gasteiger partial charge on any atom is -0.397 e. The van der Waals surface area contributed by atoms with Crippen molar-refractivity contribution < 1.29 is 9.53 Å². The van der Waals surface area contributed by atoms with Gasteiger partial charge in [0.2, 0.25) is 5.91 Å². The number of amides is 1. The molecule has 4 aromatic carbocycles. The number of hydrogen-bond acceptors (Lipinski definition) is 6. The van der Waals surface area contributed by atoms with Crippen LogP contribution in [0.4, 0.5) is 11.4 Å². The van der Waals surface area contributed by atoms with Gasteiger partial charge >= 0.3 is 0 Å². The van der Waals surface area contributed by atoms with E-state index >= 15 is 0 Å². The molecule has 0 spiro atoms. The monoisotopic (exact) mass is 550 g/mol. The average Bonchev–Trinajstić information content (AvgIpc) is 3.64. The Balaban J connectivity index is 1.32. The zero-order valence-corrected chi connectivity index (χ0v) is 24.1. The highest BCUT2D eigenvalue weighted by Gasteiger charge is 2.37. The van der Waals surface area contributed by atoms with Crippen LogP contribution in [0.15, 0.2) is 60.7 Å². The Morgan fingerprint density at radius 2 is 1.68 bits per heavy atom. The molecule has 3 atom stereocenters. The Morgan fingerprint density at radius 1 is 1.00 bits per heavy atom. The molecule has 6 rings (SSSR count). The second-order valence-corrected chi connectivity index (χ2v) is 11.5. The van der Waals surface area contributed by atoms with Gasteiger partial charge in [-0.05, 0) is 71.8 Å². The third-order valence-corrected chi connectivity index (χ3v) is 8.47. The largest absolute Gasteiger partial charge is 0.397 e. The molecule has 1 aromatic heterocycles. The van der Waals surface area contributed by atoms with Gasteiger partial charge in [-0.3, -0.25) is 10.1 Å². The van der Waals surface area contributed by atoms with Crippen molar-refractivity contribution in [2.45, 2.75) is 51.9 Å². The fraction of sp³-hybridized carbons (Fsp3) is 0.333. The number of nitrogens with two attached hydrogens (primary N) is 2. The number of anilines is 2. The number of nitrogens with zero attached hydrogens (tertiary/aromatic N) is 2. The van der Waals surface area contributed by atoms with E-state index in [1.807, 2.05) is 30.0 Å². The number of hydrogen-bond donors (Lipinski definition) is 4. The first-order valence-corrected chi connectivity index (χ1v) is 14.3. The van der Waals surface area contributed by atoms with E-state index in [1.165, 1.54) is 0 Å². The van der Waals surface area contributed by atoms with Crippen LogP contribution < -0.4 is 16.8 Å². The highest BCUT2D eigenvalue weighted by atomic mass is 16.5. The van der Waals surface area contributed by atoms with Gasteiger partial charge in [0, 0.05) is 24.4 Å². The summed E-state index contributed by atoms with van der Waals surface area (Å²) < 4.78 is 5.39. The van der Waals surface area contributed by atoms with Crippen LogP contribution in [0.25, 0.3) is 43.7 Å². The number of H-pyrrole nitrogens is 1. The summed E-state index contributed by atoms with van der Waals surface area (Å²) in [5, 5.41) is 7.56. The van der Waals surface area contributed by atoms with Gasteiger partial charge in [0.25, 0.3) is 0 Å². The number of carbonyl (C=O) groups is 1. The van der Waals surface area contributed by atoms with Crippen molar-refractivity contribution >= 4 is 49.9 Å². The molecule has 1 saturated heterocycles. The number of nitrogens with one attached hydrogen (secondary N) is 2. The number of fused-ring (bicyclic) bond motifs is 4. The Hall–Kier alpha value is -4.14. The summed E-state index contributed by atoms with van der Waals surface area (Å²) in [7, 11) is 1.65. The normalized spacial score (nSPS) is 17.2. The number of aromatic amines is 1. The number of likely N-dealkylation sites (tertiary alicyclic amines) is 1. The SMILES string of the molecule is COC(C)N[C@H](C(=O)N1CCC[C@H]1c1nc2c(ccc3cc(-c4ccc5c(N)c(N)ccc5c4)ccc32)[nH]1)C(C)C. The predicted octanol–water partition coefficient (Wildman–Crippen LogP) is 5.97. The van der Waals surface area contributed by atoms with Crippen LogP contribution in [-0.2, 0) is 9.53 Å². The van der Waals surface area contributed by atoms with Crippen LogP contribution in [0.1, 0.15) is 45.5 Å². The molecule has 5 aromatic rings. The zero-order valence-electron chi connectivity index (χ0n) is 24.1. The Morgan fingerprint density at radius 3 is 2.39 bits per heavy atom. The molecule has 1 aliphatic heterocycles. The number of nitrogen functional groups attached to an aromatic ring is 2. The van der Waals surface area contributed by atoms with E-state index in [2.05, 4.69) is 66.6 Å². The van der Waals surface area contributed by atoms with Crippen molar-refractivity contribution in [2.75, 3.05) is 25.1 Å². The second-order valence-electron chi connectivity index (χ2n) is 11.5. The van der Waals surface area contributed by atoms with Crippen molar-refractivity contribution in [3.8, 4) is 11.1 Å². The average molecular weight is 551 g/mol. The molecule has 0 saturated carbocycles. The van der Waals surface area contributed by atoms with Gasteiger partial charge in [-0.1, -0.05) is 50.2 Å². The molecule has 1 fully saturated rings. The molecule has 8 nitrogen and oxygen atoms in total. The maximum absolute atomic E-state index is 13.7. The van der Waals surface area contributed by atoms with E-state index in [9.17, 15) is 4.79 Å². The molecule has 0 aliphatic carbocycles. The number of methoxy groups -OCH3 is 1. The molecular weight excluding hydrogens is 512 g/mol. The van der Waals surface area contributed by atoms with E-state index in [4.69, 9.17) is 21.2 Å². The molecule has 0 bridgehead atoms. The lowest BCUT2D eigenvalue weighted by molar-refractivity contribution is -0.137. The van der Waals surface area contributed by atoms with Crippen LogP contribution >= 0.6 is 0 Å². The highest BCUT2D eigenvalue weighted by molar-refractivity contribution is 6.06. The van der Waals surface area contributed by atoms with E-state index < -0.39 is 0 Å². The van der Waals surface area contributed by atoms with Crippen LogP contribution in [0, 0.1) is 5.92 Å². The lowest BCUT2D eigenvalue weighted by Crippen LogP contribution is -2.52. The summed E-state index contributed by atoms with van der Waals surface area (Å²) in [6.07, 6.45) is 1.63. The first kappa shape index (κ1) is 27.1. The minimum absolute atomic E-state index is 0.0794. The number of carbonyl (C=O) groups excluding carboxylic acids is 1. The van der Waals surface area contributed by atoms with E-state index in [-0.39, 0.29) is 30.1 Å². The lowest BCUT2D eigenvalue weighted by atomic mass is 9.97. The van der Waals surface area contributed by atoms with Crippen LogP contribution in [0.5, 0.6) is 0 Å². The van der Waals surface area contributed by atoms with Crippen molar-refractivity contribution in [2.24, 2.45) is 5.92 Å². The summed E-state index contributed by atoms with van der Waals surface area (Å²) in [5.41, 5.74) is 17.5. The lowest BCUT2D eigenvalue weighted by Gasteiger charge is -2.31. The maximum atomic E-state index is 13.7. The number of aromatic nitrogens is 2. The van der Waals surface area contributed by atoms with Gasteiger partial charge in [-0.2, -0.15) is 0 Å². The third kappa shape index (κ3) is 4.87. The molecule has 0 radical (unpaired) electrons. The van der Waals surface area contributed by atoms with Gasteiger partial charge in [0.1, 0.15) is 12.1 Å². The van der Waals surface area contributed by atoms with E-state index in [0.29, 0.717) is 11.4 Å². The Kier molecular flexibility index (Phi) is 7.05. The quantitative estimate of drug-likeness (QED) is 0.146. The van der Waals surface area contributed by atoms with E-state index in [0.717, 1.165) is 68.9 Å². The maximum Gasteiger partial charge on any atom is 0.240 e. The summed E-state index contributed by atoms with van der Waals surface area (Å²) in [6, 6.07) is 20.4. The molecule has 6 N–H and O–H groups in total. The van der Waals surface area contributed by atoms with Gasteiger partial charge in [-0.25, -0.2) is 4.98 Å². The fourth-order valence-electron chi connectivity index (χ4n) is 6.07. The van der Waals surface area contributed by atoms with Crippen molar-refractivity contribution in [1.29, 1.82) is 0 Å². The molecule has 212 valence electrons. The fourth-order valence-corrected chi connectivity index (χ4v) is 6.07. The summed E-state index contributed by atoms with van der Waals surface area (Å²) >= 11 is 0. The highest BCUT2D eigenvalue weighted by Crippen LogP contribution is 2.36. The summed E-state index contributed by atoms with van der Waals surface area (Å²) in [5.74, 6) is 1.07. The van der Waals surface area contributed by atoms with Gasteiger partial charge in [0.15, 0.2) is 0 Å². The third-order valence-electron chi connectivity index (χ3n) is 8.47. The van der Waals surface area contributed by atoms with E-state index in [1.54, 1.807) is 7.11 Å². The molecular formula is C33H38N6O2. The smallest absolute Gasteiger partial charge is 0.240 e. The van der Waals surface area contributed by atoms with Crippen LogP contribution in [0.3, 0.4) is 0 Å². The first-order valence-electron chi connectivity index (χ1n) is 14.3. The minimum atomic E-state index is -0.321. The molecule has 8 heteroatoms. The predicted molar refractivity (Wildman–Crippen MR) is 167 cm³/mol. The van der Waals surface area contributed by atoms with Gasteiger partial charge in [-0.15, -0.1) is 0 Å². The molecule has 1 aliphatic rings. The summed E-state index contributed by atoms with van der Waals surface area (Å²) in [6.45, 7) is 6.77. The molecule has 41 heavy (non-hydrogen) atoms. The molecule has 2 heterocycles. The number of benzene rings is 4. The Bertz CT molecular complexity index is 1760. The first-order chi connectivity index (χ1) is 19.7. The summed E-state index contributed by atoms with van der Waals surface area (Å²) in [4.78, 5) is 24.3.